The first-order valence-corrected chi connectivity index (χ1v) is 4.88. The smallest absolute Gasteiger partial charge is 0.338 e. The Morgan fingerprint density at radius 3 is 3.00 bits per heavy atom. The summed E-state index contributed by atoms with van der Waals surface area (Å²) in [5.74, 6) is -0.676. The van der Waals surface area contributed by atoms with Gasteiger partial charge in [0.05, 0.1) is 17.3 Å². The molecule has 0 spiro atoms. The highest BCUT2D eigenvalue weighted by Crippen LogP contribution is 2.25. The average molecular weight is 229 g/mol. The molecule has 6 heteroatoms. The lowest BCUT2D eigenvalue weighted by Crippen LogP contribution is -1.96. The van der Waals surface area contributed by atoms with E-state index in [1.165, 1.54) is 6.07 Å². The number of H-pyrrole nitrogens is 1. The molecular formula is C11H7N3O3. The van der Waals surface area contributed by atoms with Crippen LogP contribution in [-0.2, 0) is 0 Å². The topological polar surface area (TPSA) is 92.0 Å². The first-order chi connectivity index (χ1) is 8.25. The Bertz CT molecular complexity index is 685. The van der Waals surface area contributed by atoms with Crippen molar-refractivity contribution in [3.05, 3.63) is 36.2 Å². The molecule has 0 saturated heterocycles. The van der Waals surface area contributed by atoms with Crippen LogP contribution < -0.4 is 0 Å². The number of rotatable bonds is 2. The van der Waals surface area contributed by atoms with Crippen molar-refractivity contribution in [2.75, 3.05) is 0 Å². The first-order valence-electron chi connectivity index (χ1n) is 4.88. The minimum Gasteiger partial charge on any atom is -0.478 e. The summed E-state index contributed by atoms with van der Waals surface area (Å²) >= 11 is 0. The summed E-state index contributed by atoms with van der Waals surface area (Å²) in [4.78, 5) is 15.2. The number of oxazole rings is 1. The van der Waals surface area contributed by atoms with Gasteiger partial charge in [0.1, 0.15) is 5.52 Å². The van der Waals surface area contributed by atoms with Crippen LogP contribution in [0, 0.1) is 0 Å². The minimum absolute atomic E-state index is 0.126. The van der Waals surface area contributed by atoms with Crippen LogP contribution in [0.4, 0.5) is 0 Å². The third kappa shape index (κ3) is 1.46. The largest absolute Gasteiger partial charge is 0.478 e. The minimum atomic E-state index is -1.03. The van der Waals surface area contributed by atoms with Crippen molar-refractivity contribution in [2.45, 2.75) is 0 Å². The molecule has 84 valence electrons. The number of nitrogens with zero attached hydrogens (tertiary/aromatic N) is 2. The van der Waals surface area contributed by atoms with Gasteiger partial charge in [-0.15, -0.1) is 0 Å². The molecule has 3 rings (SSSR count). The maximum Gasteiger partial charge on any atom is 0.338 e. The molecule has 0 aliphatic heterocycles. The van der Waals surface area contributed by atoms with Gasteiger partial charge in [-0.2, -0.15) is 5.10 Å². The maximum atomic E-state index is 11.0. The molecule has 2 N–H and O–H groups in total. The number of aromatic nitrogens is 3. The fraction of sp³-hybridized carbons (Fsp3) is 0. The molecule has 1 aromatic carbocycles. The second kappa shape index (κ2) is 3.44. The molecule has 0 fully saturated rings. The molecule has 0 atom stereocenters. The van der Waals surface area contributed by atoms with Crippen molar-refractivity contribution in [1.82, 2.24) is 15.2 Å². The highest BCUT2D eigenvalue weighted by molar-refractivity contribution is 6.00. The summed E-state index contributed by atoms with van der Waals surface area (Å²) in [6, 6.07) is 4.79. The van der Waals surface area contributed by atoms with Crippen LogP contribution in [0.1, 0.15) is 10.4 Å². The number of benzene rings is 1. The third-order valence-electron chi connectivity index (χ3n) is 2.39. The van der Waals surface area contributed by atoms with E-state index in [1.54, 1.807) is 24.5 Å². The fourth-order valence-electron chi connectivity index (χ4n) is 1.61. The van der Waals surface area contributed by atoms with E-state index in [2.05, 4.69) is 15.2 Å². The molecule has 0 saturated carbocycles. The van der Waals surface area contributed by atoms with Crippen LogP contribution in [0.15, 0.2) is 35.0 Å². The molecule has 3 aromatic rings. The van der Waals surface area contributed by atoms with Gasteiger partial charge in [-0.05, 0) is 12.1 Å². The number of hydrogen-bond donors (Lipinski definition) is 2. The Kier molecular flexibility index (Phi) is 1.94. The molecule has 2 heterocycles. The van der Waals surface area contributed by atoms with Crippen molar-refractivity contribution in [3.63, 3.8) is 0 Å². The van der Waals surface area contributed by atoms with Crippen molar-refractivity contribution in [1.29, 1.82) is 0 Å². The molecule has 17 heavy (non-hydrogen) atoms. The highest BCUT2D eigenvalue weighted by atomic mass is 16.4. The maximum absolute atomic E-state index is 11.0. The van der Waals surface area contributed by atoms with Gasteiger partial charge in [0.25, 0.3) is 0 Å². The number of aromatic carboxylic acids is 1. The highest BCUT2D eigenvalue weighted by Gasteiger charge is 2.15. The Morgan fingerprint density at radius 2 is 2.29 bits per heavy atom. The van der Waals surface area contributed by atoms with Gasteiger partial charge in [0.2, 0.25) is 5.89 Å². The number of para-hydroxylation sites is 1. The van der Waals surface area contributed by atoms with E-state index in [9.17, 15) is 4.79 Å². The van der Waals surface area contributed by atoms with Gasteiger partial charge in [0, 0.05) is 6.20 Å². The van der Waals surface area contributed by atoms with Crippen molar-refractivity contribution >= 4 is 17.1 Å². The summed E-state index contributed by atoms with van der Waals surface area (Å²) < 4.78 is 5.47. The van der Waals surface area contributed by atoms with Crippen LogP contribution >= 0.6 is 0 Å². The summed E-state index contributed by atoms with van der Waals surface area (Å²) in [6.07, 6.45) is 3.19. The van der Waals surface area contributed by atoms with Gasteiger partial charge in [-0.3, -0.25) is 5.10 Å². The molecule has 0 unspecified atom stereocenters. The number of nitrogens with one attached hydrogen (secondary N) is 1. The van der Waals surface area contributed by atoms with E-state index in [1.807, 2.05) is 0 Å². The van der Waals surface area contributed by atoms with Crippen molar-refractivity contribution < 1.29 is 14.3 Å². The van der Waals surface area contributed by atoms with Crippen LogP contribution in [0.3, 0.4) is 0 Å². The van der Waals surface area contributed by atoms with Gasteiger partial charge in [-0.1, -0.05) is 6.07 Å². The molecule has 0 bridgehead atoms. The van der Waals surface area contributed by atoms with Crippen LogP contribution in [0.2, 0.25) is 0 Å². The van der Waals surface area contributed by atoms with E-state index in [4.69, 9.17) is 9.52 Å². The molecule has 6 nitrogen and oxygen atoms in total. The quantitative estimate of drug-likeness (QED) is 0.700. The Labute approximate surface area is 94.9 Å². The van der Waals surface area contributed by atoms with Crippen LogP contribution in [0.5, 0.6) is 0 Å². The number of carboxylic acids is 1. The molecule has 0 amide bonds. The van der Waals surface area contributed by atoms with Crippen molar-refractivity contribution in [2.24, 2.45) is 0 Å². The summed E-state index contributed by atoms with van der Waals surface area (Å²) in [7, 11) is 0. The molecular weight excluding hydrogens is 222 g/mol. The zero-order valence-electron chi connectivity index (χ0n) is 8.54. The summed E-state index contributed by atoms with van der Waals surface area (Å²) in [6.45, 7) is 0. The molecule has 0 radical (unpaired) electrons. The standard InChI is InChI=1S/C11H7N3O3/c15-11(16)7-2-1-3-8-9(7)14-10(17-8)6-4-12-13-5-6/h1-5H,(H,12,13)(H,15,16). The van der Waals surface area contributed by atoms with Crippen LogP contribution in [-0.4, -0.2) is 26.3 Å². The number of hydrogen-bond acceptors (Lipinski definition) is 4. The second-order valence-electron chi connectivity index (χ2n) is 3.46. The lowest BCUT2D eigenvalue weighted by Gasteiger charge is -1.92. The second-order valence-corrected chi connectivity index (χ2v) is 3.46. The van der Waals surface area contributed by atoms with Gasteiger partial charge >= 0.3 is 5.97 Å². The summed E-state index contributed by atoms with van der Waals surface area (Å²) in [5, 5.41) is 15.5. The average Bonchev–Trinajstić information content (AvgIpc) is 2.96. The number of carbonyl (C=O) groups is 1. The molecule has 0 aliphatic rings. The zero-order chi connectivity index (χ0) is 11.8. The van der Waals surface area contributed by atoms with Crippen LogP contribution in [0.25, 0.3) is 22.6 Å². The van der Waals surface area contributed by atoms with Gasteiger partial charge < -0.3 is 9.52 Å². The van der Waals surface area contributed by atoms with E-state index in [-0.39, 0.29) is 5.56 Å². The number of fused-ring (bicyclic) bond motifs is 1. The molecule has 2 aromatic heterocycles. The zero-order valence-corrected chi connectivity index (χ0v) is 8.54. The van der Waals surface area contributed by atoms with Gasteiger partial charge in [-0.25, -0.2) is 9.78 Å². The number of aromatic amines is 1. The predicted molar refractivity (Wildman–Crippen MR) is 58.6 cm³/mol. The lowest BCUT2D eigenvalue weighted by atomic mass is 10.2. The Morgan fingerprint density at radius 1 is 1.41 bits per heavy atom. The Hall–Kier alpha value is -2.63. The molecule has 0 aliphatic carbocycles. The fourth-order valence-corrected chi connectivity index (χ4v) is 1.61. The van der Waals surface area contributed by atoms with Crippen molar-refractivity contribution in [3.8, 4) is 11.5 Å². The SMILES string of the molecule is O=C(O)c1cccc2oc(-c3cn[nH]c3)nc12. The van der Waals surface area contributed by atoms with E-state index in [0.717, 1.165) is 0 Å². The van der Waals surface area contributed by atoms with E-state index in [0.29, 0.717) is 22.6 Å². The van der Waals surface area contributed by atoms with Gasteiger partial charge in [0.15, 0.2) is 5.58 Å². The summed E-state index contributed by atoms with van der Waals surface area (Å²) in [5.41, 5.74) is 1.59. The predicted octanol–water partition coefficient (Wildman–Crippen LogP) is 1.92. The number of carboxylic acid groups (broad SMARTS) is 1. The lowest BCUT2D eigenvalue weighted by molar-refractivity contribution is 0.0699. The third-order valence-corrected chi connectivity index (χ3v) is 2.39. The van der Waals surface area contributed by atoms with E-state index >= 15 is 0 Å². The normalized spacial score (nSPS) is 10.8. The van der Waals surface area contributed by atoms with E-state index < -0.39 is 5.97 Å². The first kappa shape index (κ1) is 9.59. The Balaban J connectivity index is 2.26. The monoisotopic (exact) mass is 229 g/mol.